The number of nitrogens with zero attached hydrogens (tertiary/aromatic N) is 3. The summed E-state index contributed by atoms with van der Waals surface area (Å²) < 4.78 is 46.2. The standard InChI is InChI=1S/C21H23ClF3N5O2/c1-11(12-4-3-5-13(16(12)23)17(24)25)27-18-14-8-30(9-15(14)28-20(22)29-18)19(31)21(26-2)6-7-32-10-21/h3-5,11,17,26H,6-10H2,1-2H3,(H,27,28,29)/t11-,21?/m1/s1. The molecule has 7 nitrogen and oxygen atoms in total. The Morgan fingerprint density at radius 1 is 1.28 bits per heavy atom. The number of hydrogen-bond donors (Lipinski definition) is 2. The third-order valence-corrected chi connectivity index (χ3v) is 6.23. The van der Waals surface area contributed by atoms with E-state index in [1.165, 1.54) is 12.1 Å². The molecule has 3 heterocycles. The van der Waals surface area contributed by atoms with Gasteiger partial charge in [0.05, 0.1) is 37.0 Å². The number of nitrogens with one attached hydrogen (secondary N) is 2. The molecule has 1 aromatic heterocycles. The first-order chi connectivity index (χ1) is 15.3. The second kappa shape index (κ2) is 8.84. The summed E-state index contributed by atoms with van der Waals surface area (Å²) >= 11 is 6.09. The van der Waals surface area contributed by atoms with Crippen molar-refractivity contribution in [3.63, 3.8) is 0 Å². The number of alkyl halides is 2. The summed E-state index contributed by atoms with van der Waals surface area (Å²) in [4.78, 5) is 23.3. The molecule has 1 fully saturated rings. The largest absolute Gasteiger partial charge is 0.379 e. The Morgan fingerprint density at radius 2 is 2.03 bits per heavy atom. The number of benzene rings is 1. The Labute approximate surface area is 188 Å². The molecular formula is C21H23ClF3N5O2. The number of anilines is 1. The van der Waals surface area contributed by atoms with Gasteiger partial charge in [-0.3, -0.25) is 4.79 Å². The maximum Gasteiger partial charge on any atom is 0.266 e. The molecule has 2 aliphatic rings. The molecule has 32 heavy (non-hydrogen) atoms. The van der Waals surface area contributed by atoms with Crippen LogP contribution in [0.2, 0.25) is 5.28 Å². The van der Waals surface area contributed by atoms with E-state index in [0.717, 1.165) is 6.07 Å². The van der Waals surface area contributed by atoms with Crippen molar-refractivity contribution >= 4 is 23.3 Å². The van der Waals surface area contributed by atoms with Crippen LogP contribution in [-0.2, 0) is 22.6 Å². The van der Waals surface area contributed by atoms with E-state index >= 15 is 0 Å². The normalized spacial score (nSPS) is 21.2. The number of rotatable bonds is 6. The number of halogens is 4. The molecule has 0 spiro atoms. The van der Waals surface area contributed by atoms with Gasteiger partial charge < -0.3 is 20.3 Å². The highest BCUT2D eigenvalue weighted by Crippen LogP contribution is 2.34. The van der Waals surface area contributed by atoms with Crippen LogP contribution in [0.4, 0.5) is 19.0 Å². The smallest absolute Gasteiger partial charge is 0.266 e. The van der Waals surface area contributed by atoms with Gasteiger partial charge in [-0.1, -0.05) is 18.2 Å². The zero-order valence-corrected chi connectivity index (χ0v) is 18.3. The second-order valence-electron chi connectivity index (χ2n) is 7.98. The second-order valence-corrected chi connectivity index (χ2v) is 8.32. The number of fused-ring (bicyclic) bond motifs is 1. The minimum absolute atomic E-state index is 0.0259. The monoisotopic (exact) mass is 469 g/mol. The predicted octanol–water partition coefficient (Wildman–Crippen LogP) is 3.60. The maximum absolute atomic E-state index is 14.6. The molecule has 11 heteroatoms. The summed E-state index contributed by atoms with van der Waals surface area (Å²) in [5, 5.41) is 6.12. The number of ether oxygens (including phenoxy) is 1. The van der Waals surface area contributed by atoms with Gasteiger partial charge >= 0.3 is 0 Å². The van der Waals surface area contributed by atoms with Crippen molar-refractivity contribution in [3.05, 3.63) is 51.7 Å². The molecule has 2 aliphatic heterocycles. The summed E-state index contributed by atoms with van der Waals surface area (Å²) in [5.74, 6) is -0.736. The molecule has 1 saturated heterocycles. The van der Waals surface area contributed by atoms with Gasteiger partial charge in [-0.25, -0.2) is 23.1 Å². The highest BCUT2D eigenvalue weighted by molar-refractivity contribution is 6.28. The molecule has 0 radical (unpaired) electrons. The average Bonchev–Trinajstić information content (AvgIpc) is 3.41. The first-order valence-electron chi connectivity index (χ1n) is 10.2. The fraction of sp³-hybridized carbons (Fsp3) is 0.476. The fourth-order valence-corrected chi connectivity index (χ4v) is 4.37. The van der Waals surface area contributed by atoms with Crippen LogP contribution in [0, 0.1) is 5.82 Å². The molecule has 4 rings (SSSR count). The summed E-state index contributed by atoms with van der Waals surface area (Å²) in [6.07, 6.45) is -2.36. The van der Waals surface area contributed by atoms with E-state index in [4.69, 9.17) is 16.3 Å². The fourth-order valence-electron chi connectivity index (χ4n) is 4.18. The summed E-state index contributed by atoms with van der Waals surface area (Å²) in [6.45, 7) is 2.90. The third kappa shape index (κ3) is 4.02. The average molecular weight is 470 g/mol. The first kappa shape index (κ1) is 22.8. The van der Waals surface area contributed by atoms with Gasteiger partial charge in [0.25, 0.3) is 6.43 Å². The van der Waals surface area contributed by atoms with Crippen molar-refractivity contribution in [1.29, 1.82) is 0 Å². The summed E-state index contributed by atoms with van der Waals surface area (Å²) in [5.41, 5.74) is -0.131. The van der Waals surface area contributed by atoms with Crippen LogP contribution in [0.3, 0.4) is 0 Å². The van der Waals surface area contributed by atoms with Gasteiger partial charge in [-0.2, -0.15) is 0 Å². The Bertz CT molecular complexity index is 1030. The van der Waals surface area contributed by atoms with E-state index in [9.17, 15) is 18.0 Å². The third-order valence-electron chi connectivity index (χ3n) is 6.07. The Kier molecular flexibility index (Phi) is 6.28. The lowest BCUT2D eigenvalue weighted by molar-refractivity contribution is -0.139. The maximum atomic E-state index is 14.6. The van der Waals surface area contributed by atoms with Crippen LogP contribution in [0.15, 0.2) is 18.2 Å². The number of aromatic nitrogens is 2. The van der Waals surface area contributed by atoms with Crippen LogP contribution in [-0.4, -0.2) is 46.6 Å². The number of hydrogen-bond acceptors (Lipinski definition) is 6. The lowest BCUT2D eigenvalue weighted by atomic mass is 9.97. The van der Waals surface area contributed by atoms with Crippen LogP contribution in [0.1, 0.15) is 48.2 Å². The zero-order valence-electron chi connectivity index (χ0n) is 17.6. The van der Waals surface area contributed by atoms with E-state index in [1.807, 2.05) is 0 Å². The summed E-state index contributed by atoms with van der Waals surface area (Å²) in [6, 6.07) is 3.20. The van der Waals surface area contributed by atoms with Crippen LogP contribution in [0.5, 0.6) is 0 Å². The number of carbonyl (C=O) groups excluding carboxylic acids is 1. The molecule has 2 aromatic rings. The van der Waals surface area contributed by atoms with Crippen molar-refractivity contribution in [2.24, 2.45) is 0 Å². The molecule has 0 saturated carbocycles. The van der Waals surface area contributed by atoms with E-state index in [1.54, 1.807) is 18.9 Å². The topological polar surface area (TPSA) is 79.4 Å². The van der Waals surface area contributed by atoms with Gasteiger partial charge in [0, 0.05) is 24.2 Å². The molecule has 1 aromatic carbocycles. The lowest BCUT2D eigenvalue weighted by Crippen LogP contribution is -2.56. The summed E-state index contributed by atoms with van der Waals surface area (Å²) in [7, 11) is 1.73. The van der Waals surface area contributed by atoms with E-state index in [2.05, 4.69) is 20.6 Å². The van der Waals surface area contributed by atoms with Crippen molar-refractivity contribution < 1.29 is 22.7 Å². The van der Waals surface area contributed by atoms with Crippen LogP contribution < -0.4 is 10.6 Å². The SMILES string of the molecule is CNC1(C(=O)N2Cc3nc(Cl)nc(N[C@H](C)c4cccc(C(F)F)c4F)c3C2)CCOC1. The van der Waals surface area contributed by atoms with E-state index in [0.29, 0.717) is 30.1 Å². The van der Waals surface area contributed by atoms with Crippen molar-refractivity contribution in [3.8, 4) is 0 Å². The molecular weight excluding hydrogens is 447 g/mol. The van der Waals surface area contributed by atoms with E-state index < -0.39 is 29.4 Å². The molecule has 2 atom stereocenters. The Balaban J connectivity index is 1.59. The Morgan fingerprint density at radius 3 is 2.69 bits per heavy atom. The minimum atomic E-state index is -2.92. The minimum Gasteiger partial charge on any atom is -0.379 e. The van der Waals surface area contributed by atoms with Gasteiger partial charge in [0.1, 0.15) is 17.2 Å². The Hall–Kier alpha value is -2.43. The predicted molar refractivity (Wildman–Crippen MR) is 112 cm³/mol. The first-order valence-corrected chi connectivity index (χ1v) is 10.6. The van der Waals surface area contributed by atoms with Crippen molar-refractivity contribution in [2.75, 3.05) is 25.6 Å². The molecule has 0 aliphatic carbocycles. The number of amides is 1. The van der Waals surface area contributed by atoms with Crippen LogP contribution >= 0.6 is 11.6 Å². The number of carbonyl (C=O) groups is 1. The van der Waals surface area contributed by atoms with Crippen molar-refractivity contribution in [2.45, 2.75) is 44.4 Å². The van der Waals surface area contributed by atoms with Gasteiger partial charge in [-0.15, -0.1) is 0 Å². The quantitative estimate of drug-likeness (QED) is 0.629. The molecule has 0 bridgehead atoms. The van der Waals surface area contributed by atoms with Crippen molar-refractivity contribution in [1.82, 2.24) is 20.2 Å². The van der Waals surface area contributed by atoms with Gasteiger partial charge in [-0.05, 0) is 25.6 Å². The molecule has 1 amide bonds. The van der Waals surface area contributed by atoms with Gasteiger partial charge in [0.15, 0.2) is 0 Å². The molecule has 172 valence electrons. The number of likely N-dealkylation sites (N-methyl/N-ethyl adjacent to an activating group) is 1. The van der Waals surface area contributed by atoms with E-state index in [-0.39, 0.29) is 36.5 Å². The molecule has 1 unspecified atom stereocenters. The highest BCUT2D eigenvalue weighted by atomic mass is 35.5. The lowest BCUT2D eigenvalue weighted by Gasteiger charge is -2.30. The zero-order chi connectivity index (χ0) is 23.0. The highest BCUT2D eigenvalue weighted by Gasteiger charge is 2.45. The molecule has 2 N–H and O–H groups in total. The van der Waals surface area contributed by atoms with Crippen LogP contribution in [0.25, 0.3) is 0 Å². The van der Waals surface area contributed by atoms with Gasteiger partial charge in [0.2, 0.25) is 11.2 Å².